The van der Waals surface area contributed by atoms with Crippen molar-refractivity contribution in [2.75, 3.05) is 0 Å². The van der Waals surface area contributed by atoms with E-state index < -0.39 is 19.2 Å². The van der Waals surface area contributed by atoms with E-state index in [1.165, 1.54) is 64.3 Å². The summed E-state index contributed by atoms with van der Waals surface area (Å²) in [6.07, 6.45) is 0. The van der Waals surface area contributed by atoms with Crippen LogP contribution in [0.4, 0.5) is 4.39 Å². The maximum absolute atomic E-state index is 13.6. The molecule has 0 bridgehead atoms. The van der Waals surface area contributed by atoms with Gasteiger partial charge in [0.15, 0.2) is 0 Å². The van der Waals surface area contributed by atoms with Gasteiger partial charge in [-0.25, -0.2) is 4.39 Å². The Morgan fingerprint density at radius 1 is 0.627 bits per heavy atom. The molecule has 11 rings (SSSR count). The maximum Gasteiger partial charge on any atom is 3.00 e. The first-order chi connectivity index (χ1) is 32.2. The molecular formula is C61H50FGeIrN2S. The predicted molar refractivity (Wildman–Crippen MR) is 283 cm³/mol. The van der Waals surface area contributed by atoms with Gasteiger partial charge in [0.25, 0.3) is 0 Å². The Morgan fingerprint density at radius 3 is 2.01 bits per heavy atom. The standard InChI is InChI=1S/C43H28FN2S.C18H22Ge.Ir/c1-26-23-32(28-9-4-3-5-10-28)24-27(2)40(26)46-39-14-7-6-13-38(39)45-43(46)37-12-8-11-35-36-22-18-31-25-30(29-15-19-33(44)20-16-29)17-21-34(31)41(36)47-42(35)37;1-14(2)17-13-16(15-9-7-6-8-10-15)11-12-18(17)19(3,4)5;/h3-11,13-25H,1-2H3;6-9,12-14H,1-5H3;/q-1;-2;+3/i;14D;. The normalized spacial score (nSPS) is 12.0. The van der Waals surface area contributed by atoms with Crippen molar-refractivity contribution in [2.45, 2.75) is 50.9 Å². The van der Waals surface area contributed by atoms with Crippen LogP contribution in [0.3, 0.4) is 0 Å². The molecular weight excluding hydrogens is 1080 g/mol. The van der Waals surface area contributed by atoms with Crippen LogP contribution < -0.4 is 4.40 Å². The van der Waals surface area contributed by atoms with Crippen LogP contribution in [0.25, 0.3) is 92.4 Å². The first kappa shape index (κ1) is 44.9. The third kappa shape index (κ3) is 8.99. The Balaban J connectivity index is 0.000000232. The molecule has 0 unspecified atom stereocenters. The van der Waals surface area contributed by atoms with E-state index in [-0.39, 0.29) is 25.9 Å². The number of fused-ring (bicyclic) bond motifs is 6. The minimum absolute atomic E-state index is 0. The molecule has 0 aliphatic rings. The van der Waals surface area contributed by atoms with Crippen molar-refractivity contribution in [2.24, 2.45) is 0 Å². The summed E-state index contributed by atoms with van der Waals surface area (Å²) >= 11 is -0.190. The van der Waals surface area contributed by atoms with Gasteiger partial charge in [-0.05, 0) is 111 Å². The molecule has 0 N–H and O–H groups in total. The number of imidazole rings is 1. The number of benzene rings is 9. The van der Waals surface area contributed by atoms with Gasteiger partial charge in [-0.2, -0.15) is 11.3 Å². The molecule has 2 nitrogen and oxygen atoms in total. The zero-order chi connectivity index (χ0) is 46.6. The Bertz CT molecular complexity index is 3600. The summed E-state index contributed by atoms with van der Waals surface area (Å²) in [5, 5.41) is 4.80. The zero-order valence-corrected chi connectivity index (χ0v) is 44.0. The largest absolute Gasteiger partial charge is 3.00 e. The molecule has 9 aromatic carbocycles. The monoisotopic (exact) mass is 1130 g/mol. The maximum atomic E-state index is 13.6. The third-order valence-corrected chi connectivity index (χ3v) is 18.0. The average molecular weight is 1130 g/mol. The van der Waals surface area contributed by atoms with Crippen LogP contribution in [-0.2, 0) is 20.1 Å². The second-order valence-electron chi connectivity index (χ2n) is 18.4. The number of halogens is 1. The third-order valence-electron chi connectivity index (χ3n) is 12.5. The zero-order valence-electron chi connectivity index (χ0n) is 39.7. The van der Waals surface area contributed by atoms with Crippen LogP contribution in [0.2, 0.25) is 17.3 Å². The van der Waals surface area contributed by atoms with Crippen LogP contribution in [0, 0.1) is 37.9 Å². The first-order valence-electron chi connectivity index (χ1n) is 23.0. The molecule has 0 amide bonds. The minimum Gasteiger partial charge on any atom is 3.00 e. The minimum atomic E-state index is -1.99. The van der Waals surface area contributed by atoms with Crippen molar-refractivity contribution in [3.05, 3.63) is 211 Å². The van der Waals surface area contributed by atoms with Gasteiger partial charge in [0.2, 0.25) is 0 Å². The van der Waals surface area contributed by atoms with E-state index in [0.29, 0.717) is 0 Å². The second-order valence-corrected chi connectivity index (χ2v) is 30.0. The predicted octanol–water partition coefficient (Wildman–Crippen LogP) is 16.7. The Hall–Kier alpha value is -5.95. The molecule has 67 heavy (non-hydrogen) atoms. The number of nitrogens with zero attached hydrogens (tertiary/aromatic N) is 2. The summed E-state index contributed by atoms with van der Waals surface area (Å²) in [4.78, 5) is 5.27. The van der Waals surface area contributed by atoms with Crippen LogP contribution >= 0.6 is 11.3 Å². The summed E-state index contributed by atoms with van der Waals surface area (Å²) in [5.41, 5.74) is 14.3. The number of aromatic nitrogens is 2. The van der Waals surface area contributed by atoms with Crippen molar-refractivity contribution in [3.63, 3.8) is 0 Å². The Morgan fingerprint density at radius 2 is 1.30 bits per heavy atom. The molecule has 0 aliphatic carbocycles. The molecule has 6 heteroatoms. The number of para-hydroxylation sites is 2. The quantitative estimate of drug-likeness (QED) is 0.115. The van der Waals surface area contributed by atoms with Crippen molar-refractivity contribution >= 4 is 71.0 Å². The summed E-state index contributed by atoms with van der Waals surface area (Å²) in [5.74, 6) is 7.20. The van der Waals surface area contributed by atoms with Crippen LogP contribution in [0.15, 0.2) is 170 Å². The van der Waals surface area contributed by atoms with Gasteiger partial charge in [-0.1, -0.05) is 89.8 Å². The summed E-state index contributed by atoms with van der Waals surface area (Å²) in [6.45, 7) is 8.34. The fourth-order valence-electron chi connectivity index (χ4n) is 9.28. The Kier molecular flexibility index (Phi) is 12.7. The molecule has 0 spiro atoms. The summed E-state index contributed by atoms with van der Waals surface area (Å²) in [7, 11) is 0. The second kappa shape index (κ2) is 19.0. The number of thiophene rings is 1. The van der Waals surface area contributed by atoms with Crippen molar-refractivity contribution in [3.8, 4) is 50.5 Å². The van der Waals surface area contributed by atoms with Crippen LogP contribution in [0.5, 0.6) is 0 Å². The molecule has 0 fully saturated rings. The average Bonchev–Trinajstić information content (AvgIpc) is 3.91. The van der Waals surface area contributed by atoms with E-state index in [0.717, 1.165) is 61.3 Å². The number of rotatable bonds is 7. The van der Waals surface area contributed by atoms with Gasteiger partial charge >= 0.3 is 141 Å². The van der Waals surface area contributed by atoms with Gasteiger partial charge in [0, 0.05) is 10.4 Å². The van der Waals surface area contributed by atoms with Gasteiger partial charge in [-0.3, -0.25) is 4.98 Å². The van der Waals surface area contributed by atoms with Crippen LogP contribution in [0.1, 0.15) is 37.8 Å². The van der Waals surface area contributed by atoms with Crippen LogP contribution in [-0.4, -0.2) is 22.8 Å². The van der Waals surface area contributed by atoms with E-state index in [1.807, 2.05) is 56.3 Å². The van der Waals surface area contributed by atoms with E-state index in [9.17, 15) is 4.39 Å². The van der Waals surface area contributed by atoms with Gasteiger partial charge in [0.05, 0.1) is 16.9 Å². The smallest absolute Gasteiger partial charge is 3.00 e. The molecule has 0 saturated heterocycles. The molecule has 0 radical (unpaired) electrons. The van der Waals surface area contributed by atoms with Gasteiger partial charge in [0.1, 0.15) is 5.82 Å². The van der Waals surface area contributed by atoms with E-state index >= 15 is 0 Å². The topological polar surface area (TPSA) is 17.8 Å². The SMILES string of the molecule is Cc1cc(-c2ccccc2)cc(C)c1-n1c(-c2[c-]ccc3c2sc2c4ccc(-c5ccc(F)cc5)cc4ccc32)nc2ccccc21.[2H]C(C)(C)c1cc(-c2[c-]cccc2)[c-]c[c]1[Ge]([CH3])([CH3])[CH3].[Ir+3]. The van der Waals surface area contributed by atoms with Crippen molar-refractivity contribution in [1.82, 2.24) is 9.55 Å². The number of hydrogen-bond acceptors (Lipinski definition) is 2. The summed E-state index contributed by atoms with van der Waals surface area (Å²) < 4.78 is 28.2. The fraction of sp³-hybridized carbons (Fsp3) is 0.131. The van der Waals surface area contributed by atoms with Crippen molar-refractivity contribution in [1.29, 1.82) is 0 Å². The fourth-order valence-corrected chi connectivity index (χ4v) is 14.0. The molecule has 0 saturated carbocycles. The number of aryl methyl sites for hydroxylation is 2. The molecule has 0 atom stereocenters. The molecule has 2 aromatic heterocycles. The molecule has 330 valence electrons. The number of hydrogen-bond donors (Lipinski definition) is 0. The van der Waals surface area contributed by atoms with Gasteiger partial charge in [-0.15, -0.1) is 18.2 Å². The Labute approximate surface area is 415 Å². The van der Waals surface area contributed by atoms with E-state index in [4.69, 9.17) is 6.35 Å². The molecule has 11 aromatic rings. The molecule has 2 heterocycles. The van der Waals surface area contributed by atoms with E-state index in [2.05, 4.69) is 169 Å². The van der Waals surface area contributed by atoms with Gasteiger partial charge < -0.3 is 4.57 Å². The summed E-state index contributed by atoms with van der Waals surface area (Å²) in [6, 6.07) is 67.9. The molecule has 0 aliphatic heterocycles. The van der Waals surface area contributed by atoms with E-state index in [1.54, 1.807) is 11.3 Å². The first-order valence-corrected chi connectivity index (χ1v) is 30.6. The van der Waals surface area contributed by atoms with Crippen molar-refractivity contribution < 1.29 is 25.9 Å².